The van der Waals surface area contributed by atoms with Crippen molar-refractivity contribution in [2.75, 3.05) is 0 Å². The SMILES string of the molecule is O=CC#Cc1ccc(Cl)c(F)c1. The zero-order valence-electron chi connectivity index (χ0n) is 5.97. The van der Waals surface area contributed by atoms with E-state index in [4.69, 9.17) is 11.6 Å². The number of hydrogen-bond acceptors (Lipinski definition) is 1. The molecule has 0 radical (unpaired) electrons. The lowest BCUT2D eigenvalue weighted by atomic mass is 10.2. The Bertz CT molecular complexity index is 363. The number of benzene rings is 1. The normalized spacial score (nSPS) is 8.50. The second-order valence-electron chi connectivity index (χ2n) is 2.02. The standard InChI is InChI=1S/C9H4ClFO/c10-8-4-3-7(2-1-5-12)6-9(8)11/h3-6H. The Morgan fingerprint density at radius 1 is 1.50 bits per heavy atom. The fourth-order valence-electron chi connectivity index (χ4n) is 0.687. The molecule has 0 aliphatic heterocycles. The monoisotopic (exact) mass is 182 g/mol. The van der Waals surface area contributed by atoms with Crippen LogP contribution < -0.4 is 0 Å². The number of carbonyl (C=O) groups is 1. The molecule has 0 bridgehead atoms. The molecule has 0 heterocycles. The van der Waals surface area contributed by atoms with Crippen molar-refractivity contribution < 1.29 is 9.18 Å². The molecular weight excluding hydrogens is 179 g/mol. The van der Waals surface area contributed by atoms with E-state index in [1.807, 2.05) is 0 Å². The van der Waals surface area contributed by atoms with Crippen LogP contribution in [-0.2, 0) is 4.79 Å². The minimum Gasteiger partial charge on any atom is -0.289 e. The molecule has 60 valence electrons. The predicted molar refractivity (Wildman–Crippen MR) is 44.4 cm³/mol. The first kappa shape index (κ1) is 8.76. The Labute approximate surface area is 74.2 Å². The lowest BCUT2D eigenvalue weighted by Gasteiger charge is -1.92. The minimum atomic E-state index is -0.533. The molecule has 0 aliphatic carbocycles. The van der Waals surface area contributed by atoms with Crippen LogP contribution in [-0.4, -0.2) is 6.29 Å². The van der Waals surface area contributed by atoms with E-state index in [-0.39, 0.29) is 5.02 Å². The molecule has 1 rings (SSSR count). The zero-order valence-corrected chi connectivity index (χ0v) is 6.73. The molecule has 0 N–H and O–H groups in total. The van der Waals surface area contributed by atoms with Crippen molar-refractivity contribution >= 4 is 17.9 Å². The molecule has 3 heteroatoms. The van der Waals surface area contributed by atoms with Crippen LogP contribution in [0.4, 0.5) is 4.39 Å². The maximum Gasteiger partial charge on any atom is 0.193 e. The van der Waals surface area contributed by atoms with E-state index in [9.17, 15) is 9.18 Å². The lowest BCUT2D eigenvalue weighted by molar-refractivity contribution is -0.103. The first-order chi connectivity index (χ1) is 5.74. The van der Waals surface area contributed by atoms with Crippen LogP contribution in [0.5, 0.6) is 0 Å². The molecule has 1 aromatic rings. The molecule has 1 aromatic carbocycles. The Hall–Kier alpha value is -1.33. The van der Waals surface area contributed by atoms with Gasteiger partial charge in [0.05, 0.1) is 5.02 Å². The van der Waals surface area contributed by atoms with Crippen LogP contribution in [0.25, 0.3) is 0 Å². The molecule has 0 aromatic heterocycles. The van der Waals surface area contributed by atoms with Crippen molar-refractivity contribution in [3.8, 4) is 11.8 Å². The molecule has 0 atom stereocenters. The quantitative estimate of drug-likeness (QED) is 0.443. The van der Waals surface area contributed by atoms with Gasteiger partial charge < -0.3 is 0 Å². The van der Waals surface area contributed by atoms with Gasteiger partial charge >= 0.3 is 0 Å². The lowest BCUT2D eigenvalue weighted by Crippen LogP contribution is -1.79. The zero-order chi connectivity index (χ0) is 8.97. The minimum absolute atomic E-state index is 0.0478. The van der Waals surface area contributed by atoms with Gasteiger partial charge in [0.15, 0.2) is 6.29 Å². The Kier molecular flexibility index (Phi) is 2.84. The van der Waals surface area contributed by atoms with E-state index < -0.39 is 5.82 Å². The summed E-state index contributed by atoms with van der Waals surface area (Å²) < 4.78 is 12.7. The van der Waals surface area contributed by atoms with Gasteiger partial charge in [-0.2, -0.15) is 0 Å². The molecular formula is C9H4ClFO. The summed E-state index contributed by atoms with van der Waals surface area (Å²) in [7, 11) is 0. The van der Waals surface area contributed by atoms with Gasteiger partial charge in [-0.25, -0.2) is 4.39 Å². The topological polar surface area (TPSA) is 17.1 Å². The number of carbonyl (C=O) groups excluding carboxylic acids is 1. The first-order valence-corrected chi connectivity index (χ1v) is 3.52. The average molecular weight is 183 g/mol. The van der Waals surface area contributed by atoms with Crippen molar-refractivity contribution in [2.24, 2.45) is 0 Å². The van der Waals surface area contributed by atoms with Crippen LogP contribution in [0.2, 0.25) is 5.02 Å². The third kappa shape index (κ3) is 2.08. The van der Waals surface area contributed by atoms with Crippen molar-refractivity contribution in [2.45, 2.75) is 0 Å². The van der Waals surface area contributed by atoms with Crippen molar-refractivity contribution in [1.29, 1.82) is 0 Å². The molecule has 0 fully saturated rings. The maximum absolute atomic E-state index is 12.7. The molecule has 0 saturated heterocycles. The summed E-state index contributed by atoms with van der Waals surface area (Å²) in [5.41, 5.74) is 0.434. The smallest absolute Gasteiger partial charge is 0.193 e. The number of rotatable bonds is 0. The number of aldehydes is 1. The van der Waals surface area contributed by atoms with Gasteiger partial charge in [0, 0.05) is 5.56 Å². The van der Waals surface area contributed by atoms with Crippen molar-refractivity contribution in [3.05, 3.63) is 34.6 Å². The molecule has 0 saturated carbocycles. The van der Waals surface area contributed by atoms with E-state index in [2.05, 4.69) is 11.8 Å². The van der Waals surface area contributed by atoms with E-state index in [1.165, 1.54) is 12.1 Å². The van der Waals surface area contributed by atoms with E-state index in [1.54, 1.807) is 6.07 Å². The van der Waals surface area contributed by atoms with Crippen molar-refractivity contribution in [3.63, 3.8) is 0 Å². The predicted octanol–water partition coefficient (Wildman–Crippen LogP) is 2.03. The van der Waals surface area contributed by atoms with Crippen LogP contribution in [0, 0.1) is 17.7 Å². The largest absolute Gasteiger partial charge is 0.289 e. The summed E-state index contributed by atoms with van der Waals surface area (Å²) in [4.78, 5) is 9.84. The van der Waals surface area contributed by atoms with E-state index >= 15 is 0 Å². The summed E-state index contributed by atoms with van der Waals surface area (Å²) in [6.07, 6.45) is 0.451. The van der Waals surface area contributed by atoms with Gasteiger partial charge in [-0.05, 0) is 24.1 Å². The van der Waals surface area contributed by atoms with Crippen LogP contribution >= 0.6 is 11.6 Å². The highest BCUT2D eigenvalue weighted by molar-refractivity contribution is 6.30. The average Bonchev–Trinajstić information content (AvgIpc) is 2.07. The summed E-state index contributed by atoms with van der Waals surface area (Å²) in [6, 6.07) is 4.12. The van der Waals surface area contributed by atoms with Crippen LogP contribution in [0.15, 0.2) is 18.2 Å². The van der Waals surface area contributed by atoms with Crippen LogP contribution in [0.1, 0.15) is 5.56 Å². The van der Waals surface area contributed by atoms with Gasteiger partial charge in [0.25, 0.3) is 0 Å². The highest BCUT2D eigenvalue weighted by atomic mass is 35.5. The molecule has 1 nitrogen and oxygen atoms in total. The fraction of sp³-hybridized carbons (Fsp3) is 0. The van der Waals surface area contributed by atoms with Gasteiger partial charge in [-0.3, -0.25) is 4.79 Å². The summed E-state index contributed by atoms with van der Waals surface area (Å²) >= 11 is 5.42. The maximum atomic E-state index is 12.7. The molecule has 0 spiro atoms. The van der Waals surface area contributed by atoms with Gasteiger partial charge in [0.2, 0.25) is 0 Å². The highest BCUT2D eigenvalue weighted by Crippen LogP contribution is 2.14. The molecule has 0 amide bonds. The van der Waals surface area contributed by atoms with Crippen molar-refractivity contribution in [1.82, 2.24) is 0 Å². The third-order valence-corrected chi connectivity index (χ3v) is 1.50. The third-order valence-electron chi connectivity index (χ3n) is 1.20. The summed E-state index contributed by atoms with van der Waals surface area (Å²) in [5.74, 6) is 4.08. The second kappa shape index (κ2) is 3.89. The highest BCUT2D eigenvalue weighted by Gasteiger charge is 1.97. The van der Waals surface area contributed by atoms with Gasteiger partial charge in [-0.1, -0.05) is 17.5 Å². The first-order valence-electron chi connectivity index (χ1n) is 3.14. The van der Waals surface area contributed by atoms with Gasteiger partial charge in [0.1, 0.15) is 5.82 Å². The van der Waals surface area contributed by atoms with E-state index in [0.717, 1.165) is 0 Å². The van der Waals surface area contributed by atoms with E-state index in [0.29, 0.717) is 11.8 Å². The Morgan fingerprint density at radius 3 is 2.83 bits per heavy atom. The summed E-state index contributed by atoms with van der Waals surface area (Å²) in [6.45, 7) is 0. The van der Waals surface area contributed by atoms with Crippen LogP contribution in [0.3, 0.4) is 0 Å². The van der Waals surface area contributed by atoms with Gasteiger partial charge in [-0.15, -0.1) is 0 Å². The fourth-order valence-corrected chi connectivity index (χ4v) is 0.804. The second-order valence-corrected chi connectivity index (χ2v) is 2.42. The molecule has 12 heavy (non-hydrogen) atoms. The number of hydrogen-bond donors (Lipinski definition) is 0. The molecule has 0 unspecified atom stereocenters. The Balaban J connectivity index is 3.04. The molecule has 0 aliphatic rings. The summed E-state index contributed by atoms with van der Waals surface area (Å²) in [5, 5.41) is 0.0478. The number of halogens is 2. The Morgan fingerprint density at radius 2 is 2.25 bits per heavy atom.